The standard InChI is InChI=1S/C16H17ClN4OS/c17-13-10(6-9-7-11(18)20-8-19-9)23-14-12(13)16(21-15(14)22)4-2-1-3-5-16/h7-8H,1-6H2,(H,21,22)(H2,18,19,20). The Labute approximate surface area is 143 Å². The van der Waals surface area contributed by atoms with Gasteiger partial charge in [-0.1, -0.05) is 30.9 Å². The minimum Gasteiger partial charge on any atom is -0.384 e. The minimum atomic E-state index is -0.249. The van der Waals surface area contributed by atoms with Crippen LogP contribution in [-0.4, -0.2) is 15.9 Å². The van der Waals surface area contributed by atoms with Crippen molar-refractivity contribution in [1.29, 1.82) is 0 Å². The third-order valence-corrected chi connectivity index (χ3v) is 6.47. The number of carbonyl (C=O) groups is 1. The molecule has 0 unspecified atom stereocenters. The molecule has 0 radical (unpaired) electrons. The number of rotatable bonds is 2. The Morgan fingerprint density at radius 3 is 2.83 bits per heavy atom. The van der Waals surface area contributed by atoms with Crippen molar-refractivity contribution in [3.05, 3.63) is 38.4 Å². The van der Waals surface area contributed by atoms with Gasteiger partial charge in [-0.05, 0) is 12.8 Å². The lowest BCUT2D eigenvalue weighted by molar-refractivity contribution is 0.0912. The van der Waals surface area contributed by atoms with Gasteiger partial charge in [-0.2, -0.15) is 0 Å². The van der Waals surface area contributed by atoms with Crippen LogP contribution in [0.15, 0.2) is 12.4 Å². The lowest BCUT2D eigenvalue weighted by atomic mass is 9.78. The fraction of sp³-hybridized carbons (Fsp3) is 0.438. The molecule has 2 aromatic heterocycles. The Morgan fingerprint density at radius 1 is 1.30 bits per heavy atom. The van der Waals surface area contributed by atoms with E-state index in [1.807, 2.05) is 0 Å². The molecule has 0 saturated heterocycles. The molecular weight excluding hydrogens is 332 g/mol. The number of halogens is 1. The number of hydrogen-bond donors (Lipinski definition) is 2. The Hall–Kier alpha value is -1.66. The van der Waals surface area contributed by atoms with Gasteiger partial charge in [-0.15, -0.1) is 11.3 Å². The summed E-state index contributed by atoms with van der Waals surface area (Å²) in [4.78, 5) is 22.3. The molecule has 4 rings (SSSR count). The van der Waals surface area contributed by atoms with E-state index in [1.54, 1.807) is 6.07 Å². The van der Waals surface area contributed by atoms with Crippen LogP contribution in [0.2, 0.25) is 5.02 Å². The summed E-state index contributed by atoms with van der Waals surface area (Å²) in [5, 5.41) is 3.92. The average molecular weight is 349 g/mol. The molecule has 0 aromatic carbocycles. The summed E-state index contributed by atoms with van der Waals surface area (Å²) in [6, 6.07) is 1.75. The van der Waals surface area contributed by atoms with E-state index in [2.05, 4.69) is 15.3 Å². The van der Waals surface area contributed by atoms with Crippen molar-refractivity contribution < 1.29 is 4.79 Å². The van der Waals surface area contributed by atoms with Crippen molar-refractivity contribution in [1.82, 2.24) is 15.3 Å². The van der Waals surface area contributed by atoms with Gasteiger partial charge in [0.1, 0.15) is 12.1 Å². The lowest BCUT2D eigenvalue weighted by Gasteiger charge is -2.34. The van der Waals surface area contributed by atoms with Gasteiger partial charge in [0.2, 0.25) is 0 Å². The number of nitrogens with one attached hydrogen (secondary N) is 1. The maximum absolute atomic E-state index is 12.4. The molecule has 1 amide bonds. The molecule has 120 valence electrons. The van der Waals surface area contributed by atoms with Crippen molar-refractivity contribution in [2.75, 3.05) is 5.73 Å². The second-order valence-electron chi connectivity index (χ2n) is 6.25. The number of fused-ring (bicyclic) bond motifs is 2. The molecule has 23 heavy (non-hydrogen) atoms. The molecule has 1 aliphatic carbocycles. The van der Waals surface area contributed by atoms with Crippen molar-refractivity contribution in [2.24, 2.45) is 0 Å². The number of anilines is 1. The Kier molecular flexibility index (Phi) is 3.54. The maximum atomic E-state index is 12.4. The van der Waals surface area contributed by atoms with E-state index < -0.39 is 0 Å². The fourth-order valence-corrected chi connectivity index (χ4v) is 5.42. The third kappa shape index (κ3) is 2.40. The van der Waals surface area contributed by atoms with Crippen LogP contribution in [0.1, 0.15) is 57.9 Å². The summed E-state index contributed by atoms with van der Waals surface area (Å²) >= 11 is 8.17. The van der Waals surface area contributed by atoms with Crippen molar-refractivity contribution in [3.8, 4) is 0 Å². The van der Waals surface area contributed by atoms with E-state index >= 15 is 0 Å². The van der Waals surface area contributed by atoms with Gasteiger partial charge >= 0.3 is 0 Å². The smallest absolute Gasteiger partial charge is 0.262 e. The molecule has 5 nitrogen and oxygen atoms in total. The Balaban J connectivity index is 1.73. The number of amides is 1. The van der Waals surface area contributed by atoms with E-state index in [0.29, 0.717) is 12.2 Å². The molecule has 7 heteroatoms. The Bertz CT molecular complexity index is 782. The van der Waals surface area contributed by atoms with Gasteiger partial charge in [-0.25, -0.2) is 9.97 Å². The van der Waals surface area contributed by atoms with Crippen LogP contribution in [0.5, 0.6) is 0 Å². The number of nitrogen functional groups attached to an aromatic ring is 1. The second-order valence-corrected chi connectivity index (χ2v) is 7.73. The van der Waals surface area contributed by atoms with Crippen molar-refractivity contribution in [3.63, 3.8) is 0 Å². The molecule has 1 spiro atoms. The van der Waals surface area contributed by atoms with Crippen LogP contribution in [0.4, 0.5) is 5.82 Å². The highest BCUT2D eigenvalue weighted by Gasteiger charge is 2.47. The minimum absolute atomic E-state index is 0.0160. The highest BCUT2D eigenvalue weighted by atomic mass is 35.5. The lowest BCUT2D eigenvalue weighted by Crippen LogP contribution is -2.41. The molecule has 1 aliphatic heterocycles. The summed E-state index contributed by atoms with van der Waals surface area (Å²) in [5.74, 6) is 0.457. The van der Waals surface area contributed by atoms with E-state index in [9.17, 15) is 4.79 Å². The monoisotopic (exact) mass is 348 g/mol. The molecule has 3 heterocycles. The molecule has 1 saturated carbocycles. The first-order chi connectivity index (χ1) is 11.1. The topological polar surface area (TPSA) is 80.9 Å². The van der Waals surface area contributed by atoms with Crippen LogP contribution in [0.3, 0.4) is 0 Å². The van der Waals surface area contributed by atoms with Crippen LogP contribution < -0.4 is 11.1 Å². The summed E-state index contributed by atoms with van der Waals surface area (Å²) < 4.78 is 0. The van der Waals surface area contributed by atoms with Crippen LogP contribution in [-0.2, 0) is 12.0 Å². The number of aromatic nitrogens is 2. The molecule has 2 aromatic rings. The first-order valence-corrected chi connectivity index (χ1v) is 8.99. The summed E-state index contributed by atoms with van der Waals surface area (Å²) in [7, 11) is 0. The predicted octanol–water partition coefficient (Wildman–Crippen LogP) is 3.27. The zero-order valence-electron chi connectivity index (χ0n) is 12.6. The van der Waals surface area contributed by atoms with Gasteiger partial charge in [-0.3, -0.25) is 4.79 Å². The van der Waals surface area contributed by atoms with Crippen molar-refractivity contribution >= 4 is 34.7 Å². The fourth-order valence-electron chi connectivity index (χ4n) is 3.70. The predicted molar refractivity (Wildman–Crippen MR) is 90.8 cm³/mol. The summed E-state index contributed by atoms with van der Waals surface area (Å²) in [6.07, 6.45) is 7.46. The molecule has 1 fully saturated rings. The summed E-state index contributed by atoms with van der Waals surface area (Å²) in [6.45, 7) is 0. The molecular formula is C16H17ClN4OS. The van der Waals surface area contributed by atoms with Crippen LogP contribution in [0.25, 0.3) is 0 Å². The average Bonchev–Trinajstić information content (AvgIpc) is 2.98. The molecule has 2 aliphatic rings. The first kappa shape index (κ1) is 14.9. The van der Waals surface area contributed by atoms with Gasteiger partial charge in [0.05, 0.1) is 21.1 Å². The zero-order chi connectivity index (χ0) is 16.0. The van der Waals surface area contributed by atoms with Crippen molar-refractivity contribution in [2.45, 2.75) is 44.1 Å². The number of nitrogens with two attached hydrogens (primary N) is 1. The maximum Gasteiger partial charge on any atom is 0.262 e. The molecule has 0 bridgehead atoms. The molecule has 3 N–H and O–H groups in total. The highest BCUT2D eigenvalue weighted by molar-refractivity contribution is 7.15. The number of nitrogens with zero attached hydrogens (tertiary/aromatic N) is 2. The Morgan fingerprint density at radius 2 is 2.09 bits per heavy atom. The number of thiophene rings is 1. The third-order valence-electron chi connectivity index (χ3n) is 4.75. The largest absolute Gasteiger partial charge is 0.384 e. The quantitative estimate of drug-likeness (QED) is 0.872. The van der Waals surface area contributed by atoms with Gasteiger partial charge in [0.25, 0.3) is 5.91 Å². The van der Waals surface area contributed by atoms with E-state index in [4.69, 9.17) is 17.3 Å². The SMILES string of the molecule is Nc1cc(Cc2sc3c(c2Cl)C2(CCCCC2)NC3=O)ncn1. The normalized spacial score (nSPS) is 18.9. The second kappa shape index (κ2) is 5.46. The van der Waals surface area contributed by atoms with E-state index in [1.165, 1.54) is 24.1 Å². The van der Waals surface area contributed by atoms with Crippen LogP contribution >= 0.6 is 22.9 Å². The van der Waals surface area contributed by atoms with Crippen LogP contribution in [0, 0.1) is 0 Å². The van der Waals surface area contributed by atoms with Gasteiger partial charge in [0.15, 0.2) is 0 Å². The first-order valence-electron chi connectivity index (χ1n) is 7.80. The summed E-state index contributed by atoms with van der Waals surface area (Å²) in [5.41, 5.74) is 7.30. The number of hydrogen-bond acceptors (Lipinski definition) is 5. The van der Waals surface area contributed by atoms with E-state index in [-0.39, 0.29) is 11.4 Å². The highest BCUT2D eigenvalue weighted by Crippen LogP contribution is 2.50. The van der Waals surface area contributed by atoms with Gasteiger partial charge < -0.3 is 11.1 Å². The number of carbonyl (C=O) groups excluding carboxylic acids is 1. The zero-order valence-corrected chi connectivity index (χ0v) is 14.1. The molecule has 0 atom stereocenters. The van der Waals surface area contributed by atoms with E-state index in [0.717, 1.165) is 51.7 Å². The van der Waals surface area contributed by atoms with Gasteiger partial charge in [0, 0.05) is 22.9 Å².